The molecule has 0 aliphatic heterocycles. The van der Waals surface area contributed by atoms with Gasteiger partial charge in [0.2, 0.25) is 0 Å². The first-order valence-electron chi connectivity index (χ1n) is 7.47. The number of hydrogen-bond acceptors (Lipinski definition) is 7. The minimum absolute atomic E-state index is 0.258. The van der Waals surface area contributed by atoms with Gasteiger partial charge in [-0.1, -0.05) is 0 Å². The van der Waals surface area contributed by atoms with E-state index in [1.54, 1.807) is 12.1 Å². The average molecular weight is 415 g/mol. The first-order chi connectivity index (χ1) is 13.2. The SMILES string of the molecule is COc1cc2ncn(-c3cc(OC(=O)C(F)(F)F)c(C(N)=O)s3)c2cc1OC. The fourth-order valence-electron chi connectivity index (χ4n) is 2.40. The molecular weight excluding hydrogens is 403 g/mol. The lowest BCUT2D eigenvalue weighted by Gasteiger charge is -2.08. The van der Waals surface area contributed by atoms with Crippen LogP contribution in [0.3, 0.4) is 0 Å². The number of rotatable bonds is 5. The molecule has 2 aromatic heterocycles. The second kappa shape index (κ2) is 7.03. The number of fused-ring (bicyclic) bond motifs is 1. The predicted octanol–water partition coefficient (Wildman–Crippen LogP) is 2.67. The van der Waals surface area contributed by atoms with Gasteiger partial charge in [-0.25, -0.2) is 9.78 Å². The Morgan fingerprint density at radius 1 is 1.11 bits per heavy atom. The number of nitrogens with two attached hydrogens (primary N) is 1. The summed E-state index contributed by atoms with van der Waals surface area (Å²) in [6, 6.07) is 4.32. The van der Waals surface area contributed by atoms with Crippen LogP contribution in [0, 0.1) is 0 Å². The molecule has 1 amide bonds. The molecule has 0 radical (unpaired) electrons. The van der Waals surface area contributed by atoms with Gasteiger partial charge in [-0.3, -0.25) is 9.36 Å². The highest BCUT2D eigenvalue weighted by molar-refractivity contribution is 7.16. The number of hydrogen-bond donors (Lipinski definition) is 1. The van der Waals surface area contributed by atoms with E-state index in [4.69, 9.17) is 15.2 Å². The largest absolute Gasteiger partial charge is 0.493 e. The van der Waals surface area contributed by atoms with Crippen molar-refractivity contribution in [3.8, 4) is 22.2 Å². The monoisotopic (exact) mass is 415 g/mol. The fourth-order valence-corrected chi connectivity index (χ4v) is 3.32. The fraction of sp³-hybridized carbons (Fsp3) is 0.188. The van der Waals surface area contributed by atoms with Crippen molar-refractivity contribution in [1.82, 2.24) is 9.55 Å². The van der Waals surface area contributed by atoms with Crippen molar-refractivity contribution in [2.24, 2.45) is 5.73 Å². The van der Waals surface area contributed by atoms with Gasteiger partial charge in [0, 0.05) is 18.2 Å². The van der Waals surface area contributed by atoms with Crippen LogP contribution in [0.4, 0.5) is 13.2 Å². The number of imidazole rings is 1. The van der Waals surface area contributed by atoms with Gasteiger partial charge in [0.05, 0.1) is 25.3 Å². The van der Waals surface area contributed by atoms with Crippen molar-refractivity contribution in [3.63, 3.8) is 0 Å². The maximum Gasteiger partial charge on any atom is 0.491 e. The number of primary amides is 1. The number of ether oxygens (including phenoxy) is 3. The molecule has 0 saturated carbocycles. The zero-order valence-electron chi connectivity index (χ0n) is 14.4. The molecule has 1 aromatic carbocycles. The first kappa shape index (κ1) is 19.5. The van der Waals surface area contributed by atoms with Gasteiger partial charge in [0.25, 0.3) is 5.91 Å². The van der Waals surface area contributed by atoms with Crippen LogP contribution in [0.5, 0.6) is 17.2 Å². The number of amides is 1. The molecule has 12 heteroatoms. The lowest BCUT2D eigenvalue weighted by atomic mass is 10.2. The lowest BCUT2D eigenvalue weighted by Crippen LogP contribution is -2.28. The molecule has 148 valence electrons. The number of nitrogens with zero attached hydrogens (tertiary/aromatic N) is 2. The molecule has 0 fully saturated rings. The summed E-state index contributed by atoms with van der Waals surface area (Å²) in [5.74, 6) is -3.25. The Kier molecular flexibility index (Phi) is 4.89. The van der Waals surface area contributed by atoms with E-state index >= 15 is 0 Å². The van der Waals surface area contributed by atoms with E-state index in [2.05, 4.69) is 9.72 Å². The zero-order chi connectivity index (χ0) is 20.6. The van der Waals surface area contributed by atoms with E-state index in [1.165, 1.54) is 25.1 Å². The molecule has 0 unspecified atom stereocenters. The highest BCUT2D eigenvalue weighted by atomic mass is 32.1. The van der Waals surface area contributed by atoms with Crippen molar-refractivity contribution in [2.45, 2.75) is 6.18 Å². The normalized spacial score (nSPS) is 11.5. The van der Waals surface area contributed by atoms with E-state index in [0.29, 0.717) is 22.5 Å². The van der Waals surface area contributed by atoms with Crippen molar-refractivity contribution in [3.05, 3.63) is 29.4 Å². The molecule has 3 aromatic rings. The van der Waals surface area contributed by atoms with Crippen LogP contribution in [0.15, 0.2) is 24.5 Å². The second-order valence-electron chi connectivity index (χ2n) is 5.34. The number of halogens is 3. The molecule has 2 heterocycles. The minimum atomic E-state index is -5.22. The van der Waals surface area contributed by atoms with E-state index in [0.717, 1.165) is 17.4 Å². The van der Waals surface area contributed by atoms with E-state index in [9.17, 15) is 22.8 Å². The number of benzene rings is 1. The summed E-state index contributed by atoms with van der Waals surface area (Å²) in [6.07, 6.45) is -3.84. The van der Waals surface area contributed by atoms with Gasteiger partial charge in [0.1, 0.15) is 16.2 Å². The van der Waals surface area contributed by atoms with Crippen LogP contribution in [0.2, 0.25) is 0 Å². The third kappa shape index (κ3) is 3.45. The summed E-state index contributed by atoms with van der Waals surface area (Å²) in [4.78, 5) is 26.6. The zero-order valence-corrected chi connectivity index (χ0v) is 15.2. The van der Waals surface area contributed by atoms with Gasteiger partial charge in [0.15, 0.2) is 17.2 Å². The Morgan fingerprint density at radius 3 is 2.32 bits per heavy atom. The molecule has 3 rings (SSSR count). The molecule has 0 spiro atoms. The third-order valence-corrected chi connectivity index (χ3v) is 4.76. The summed E-state index contributed by atoms with van der Waals surface area (Å²) in [5.41, 5.74) is 6.22. The van der Waals surface area contributed by atoms with Gasteiger partial charge in [-0.15, -0.1) is 11.3 Å². The molecule has 8 nitrogen and oxygen atoms in total. The van der Waals surface area contributed by atoms with Gasteiger partial charge >= 0.3 is 12.1 Å². The van der Waals surface area contributed by atoms with Crippen LogP contribution in [-0.2, 0) is 4.79 Å². The summed E-state index contributed by atoms with van der Waals surface area (Å²) in [6.45, 7) is 0. The molecule has 2 N–H and O–H groups in total. The van der Waals surface area contributed by atoms with Crippen LogP contribution >= 0.6 is 11.3 Å². The Morgan fingerprint density at radius 2 is 1.75 bits per heavy atom. The van der Waals surface area contributed by atoms with Crippen molar-refractivity contribution in [2.75, 3.05) is 14.2 Å². The number of esters is 1. The number of aromatic nitrogens is 2. The van der Waals surface area contributed by atoms with Crippen molar-refractivity contribution < 1.29 is 37.0 Å². The van der Waals surface area contributed by atoms with Gasteiger partial charge in [-0.05, 0) is 0 Å². The molecule has 0 aliphatic rings. The number of carbonyl (C=O) groups excluding carboxylic acids is 2. The van der Waals surface area contributed by atoms with Crippen LogP contribution in [0.1, 0.15) is 9.67 Å². The van der Waals surface area contributed by atoms with Crippen LogP contribution < -0.4 is 19.9 Å². The van der Waals surface area contributed by atoms with Gasteiger partial charge in [-0.2, -0.15) is 13.2 Å². The van der Waals surface area contributed by atoms with Crippen LogP contribution in [0.25, 0.3) is 16.0 Å². The van der Waals surface area contributed by atoms with E-state index in [1.807, 2.05) is 0 Å². The number of carbonyl (C=O) groups is 2. The summed E-state index contributed by atoms with van der Waals surface area (Å²) >= 11 is 0.748. The van der Waals surface area contributed by atoms with E-state index in [-0.39, 0.29) is 9.88 Å². The third-order valence-electron chi connectivity index (χ3n) is 3.63. The summed E-state index contributed by atoms with van der Waals surface area (Å²) in [7, 11) is 2.90. The topological polar surface area (TPSA) is 106 Å². The van der Waals surface area contributed by atoms with Crippen molar-refractivity contribution in [1.29, 1.82) is 0 Å². The maximum atomic E-state index is 12.5. The smallest absolute Gasteiger partial charge is 0.491 e. The second-order valence-corrected chi connectivity index (χ2v) is 6.37. The summed E-state index contributed by atoms with van der Waals surface area (Å²) < 4.78 is 53.7. The highest BCUT2D eigenvalue weighted by Crippen LogP contribution is 2.37. The summed E-state index contributed by atoms with van der Waals surface area (Å²) in [5, 5.41) is 0.258. The number of methoxy groups -OCH3 is 2. The van der Waals surface area contributed by atoms with Crippen LogP contribution in [-0.4, -0.2) is 41.8 Å². The first-order valence-corrected chi connectivity index (χ1v) is 8.29. The van der Waals surface area contributed by atoms with Gasteiger partial charge < -0.3 is 19.9 Å². The minimum Gasteiger partial charge on any atom is -0.493 e. The molecule has 28 heavy (non-hydrogen) atoms. The molecule has 0 aliphatic carbocycles. The molecule has 0 bridgehead atoms. The number of thiophene rings is 1. The Labute approximate surface area is 159 Å². The Balaban J connectivity index is 2.10. The predicted molar refractivity (Wildman–Crippen MR) is 92.3 cm³/mol. The average Bonchev–Trinajstić information content (AvgIpc) is 3.22. The molecular formula is C16H12F3N3O5S. The molecule has 0 atom stereocenters. The quantitative estimate of drug-likeness (QED) is 0.643. The Bertz CT molecular complexity index is 1070. The highest BCUT2D eigenvalue weighted by Gasteiger charge is 2.42. The van der Waals surface area contributed by atoms with E-state index < -0.39 is 23.8 Å². The number of alkyl halides is 3. The lowest BCUT2D eigenvalue weighted by molar-refractivity contribution is -0.189. The standard InChI is InChI=1S/C16H12F3N3O5S/c1-25-9-3-7-8(4-10(9)26-2)22(6-21-7)12-5-11(13(28-12)14(20)23)27-15(24)16(17,18)19/h3-6H,1-2H3,(H2,20,23). The Hall–Kier alpha value is -3.28. The molecule has 0 saturated heterocycles. The van der Waals surface area contributed by atoms with Crippen molar-refractivity contribution >= 4 is 34.2 Å². The maximum absolute atomic E-state index is 12.5.